The van der Waals surface area contributed by atoms with Gasteiger partial charge in [-0.2, -0.15) is 0 Å². The molecule has 0 aromatic heterocycles. The molecule has 0 fully saturated rings. The number of nitrogens with one attached hydrogen (secondary N) is 1. The normalized spacial score (nSPS) is 11.7. The van der Waals surface area contributed by atoms with Crippen LogP contribution in [0.4, 0.5) is 5.69 Å². The van der Waals surface area contributed by atoms with Gasteiger partial charge in [-0.25, -0.2) is 0 Å². The van der Waals surface area contributed by atoms with E-state index >= 15 is 0 Å². The number of hydrogen-bond acceptors (Lipinski definition) is 4. The Morgan fingerprint density at radius 1 is 1.41 bits per heavy atom. The van der Waals surface area contributed by atoms with Crippen LogP contribution in [-0.4, -0.2) is 25.7 Å². The summed E-state index contributed by atoms with van der Waals surface area (Å²) in [5, 5.41) is 3.23. The summed E-state index contributed by atoms with van der Waals surface area (Å²) in [6, 6.07) is 7.68. The summed E-state index contributed by atoms with van der Waals surface area (Å²) in [6.45, 7) is 4.48. The van der Waals surface area contributed by atoms with Crippen LogP contribution in [0.1, 0.15) is 20.3 Å². The van der Waals surface area contributed by atoms with Gasteiger partial charge in [0.05, 0.1) is 25.8 Å². The molecule has 0 aliphatic carbocycles. The number of para-hydroxylation sites is 2. The average molecular weight is 237 g/mol. The van der Waals surface area contributed by atoms with Gasteiger partial charge in [0.25, 0.3) is 0 Å². The lowest BCUT2D eigenvalue weighted by atomic mass is 10.2. The lowest BCUT2D eigenvalue weighted by Crippen LogP contribution is -2.20. The maximum absolute atomic E-state index is 11.1. The van der Waals surface area contributed by atoms with E-state index in [4.69, 9.17) is 4.74 Å². The van der Waals surface area contributed by atoms with E-state index in [-0.39, 0.29) is 12.0 Å². The van der Waals surface area contributed by atoms with Crippen molar-refractivity contribution in [2.24, 2.45) is 0 Å². The van der Waals surface area contributed by atoms with Gasteiger partial charge in [0.1, 0.15) is 5.75 Å². The first-order valence-corrected chi connectivity index (χ1v) is 5.72. The summed E-state index contributed by atoms with van der Waals surface area (Å²) >= 11 is 0. The van der Waals surface area contributed by atoms with Crippen LogP contribution in [0.3, 0.4) is 0 Å². The SMILES string of the molecule is CCOc1ccccc1NC(C)CC(=O)OC. The van der Waals surface area contributed by atoms with Crippen molar-refractivity contribution in [3.05, 3.63) is 24.3 Å². The number of anilines is 1. The molecule has 0 amide bonds. The fraction of sp³-hybridized carbons (Fsp3) is 0.462. The van der Waals surface area contributed by atoms with E-state index in [0.29, 0.717) is 13.0 Å². The Balaban J connectivity index is 2.63. The van der Waals surface area contributed by atoms with E-state index in [1.165, 1.54) is 7.11 Å². The van der Waals surface area contributed by atoms with Gasteiger partial charge < -0.3 is 14.8 Å². The number of benzene rings is 1. The zero-order valence-corrected chi connectivity index (χ0v) is 10.5. The average Bonchev–Trinajstić information content (AvgIpc) is 2.31. The fourth-order valence-electron chi connectivity index (χ4n) is 1.52. The highest BCUT2D eigenvalue weighted by Gasteiger charge is 2.10. The van der Waals surface area contributed by atoms with Gasteiger partial charge in [-0.15, -0.1) is 0 Å². The van der Waals surface area contributed by atoms with Crippen LogP contribution in [0.15, 0.2) is 24.3 Å². The van der Waals surface area contributed by atoms with Gasteiger partial charge in [0, 0.05) is 6.04 Å². The highest BCUT2D eigenvalue weighted by Crippen LogP contribution is 2.24. The minimum Gasteiger partial charge on any atom is -0.492 e. The number of carbonyl (C=O) groups excluding carboxylic acids is 1. The topological polar surface area (TPSA) is 47.6 Å². The molecule has 0 saturated heterocycles. The van der Waals surface area contributed by atoms with Gasteiger partial charge in [0.2, 0.25) is 0 Å². The van der Waals surface area contributed by atoms with Gasteiger partial charge in [-0.05, 0) is 26.0 Å². The first-order chi connectivity index (χ1) is 8.17. The van der Waals surface area contributed by atoms with Crippen LogP contribution in [0, 0.1) is 0 Å². The molecule has 4 heteroatoms. The smallest absolute Gasteiger partial charge is 0.307 e. The summed E-state index contributed by atoms with van der Waals surface area (Å²) in [5.74, 6) is 0.575. The van der Waals surface area contributed by atoms with Gasteiger partial charge in [0.15, 0.2) is 0 Å². The van der Waals surface area contributed by atoms with Gasteiger partial charge in [-0.3, -0.25) is 4.79 Å². The van der Waals surface area contributed by atoms with Crippen molar-refractivity contribution >= 4 is 11.7 Å². The molecule has 1 aromatic carbocycles. The Labute approximate surface area is 102 Å². The number of carbonyl (C=O) groups is 1. The quantitative estimate of drug-likeness (QED) is 0.772. The number of rotatable bonds is 6. The molecule has 0 aliphatic heterocycles. The van der Waals surface area contributed by atoms with Crippen molar-refractivity contribution in [1.82, 2.24) is 0 Å². The summed E-state index contributed by atoms with van der Waals surface area (Å²) in [7, 11) is 1.39. The van der Waals surface area contributed by atoms with E-state index < -0.39 is 0 Å². The Morgan fingerprint density at radius 3 is 2.76 bits per heavy atom. The van der Waals surface area contributed by atoms with Crippen LogP contribution < -0.4 is 10.1 Å². The Bertz CT molecular complexity index is 365. The molecule has 0 bridgehead atoms. The van der Waals surface area contributed by atoms with E-state index in [1.54, 1.807) is 0 Å². The fourth-order valence-corrected chi connectivity index (χ4v) is 1.52. The molecule has 0 aliphatic rings. The lowest BCUT2D eigenvalue weighted by Gasteiger charge is -2.17. The first kappa shape index (κ1) is 13.4. The van der Waals surface area contributed by atoms with Crippen molar-refractivity contribution in [2.45, 2.75) is 26.3 Å². The molecule has 1 unspecified atom stereocenters. The van der Waals surface area contributed by atoms with Crippen LogP contribution >= 0.6 is 0 Å². The van der Waals surface area contributed by atoms with Gasteiger partial charge >= 0.3 is 5.97 Å². The summed E-state index contributed by atoms with van der Waals surface area (Å²) < 4.78 is 10.1. The third-order valence-corrected chi connectivity index (χ3v) is 2.29. The molecule has 94 valence electrons. The standard InChI is InChI=1S/C13H19NO3/c1-4-17-12-8-6-5-7-11(12)14-10(2)9-13(15)16-3/h5-8,10,14H,4,9H2,1-3H3. The summed E-state index contributed by atoms with van der Waals surface area (Å²) in [4.78, 5) is 11.1. The third kappa shape index (κ3) is 4.34. The van der Waals surface area contributed by atoms with E-state index in [9.17, 15) is 4.79 Å². The van der Waals surface area contributed by atoms with Crippen LogP contribution in [0.5, 0.6) is 5.75 Å². The summed E-state index contributed by atoms with van der Waals surface area (Å²) in [5.41, 5.74) is 0.894. The Morgan fingerprint density at radius 2 is 2.12 bits per heavy atom. The minimum atomic E-state index is -0.223. The molecular weight excluding hydrogens is 218 g/mol. The molecule has 0 spiro atoms. The van der Waals surface area contributed by atoms with E-state index in [2.05, 4.69) is 10.1 Å². The predicted molar refractivity (Wildman–Crippen MR) is 67.3 cm³/mol. The number of ether oxygens (including phenoxy) is 2. The van der Waals surface area contributed by atoms with Crippen LogP contribution in [0.2, 0.25) is 0 Å². The monoisotopic (exact) mass is 237 g/mol. The third-order valence-electron chi connectivity index (χ3n) is 2.29. The minimum absolute atomic E-state index is 0.00376. The highest BCUT2D eigenvalue weighted by molar-refractivity contribution is 5.70. The highest BCUT2D eigenvalue weighted by atomic mass is 16.5. The molecule has 4 nitrogen and oxygen atoms in total. The second-order valence-corrected chi connectivity index (χ2v) is 3.75. The molecule has 0 heterocycles. The first-order valence-electron chi connectivity index (χ1n) is 5.72. The summed E-state index contributed by atoms with van der Waals surface area (Å²) in [6.07, 6.45) is 0.330. The van der Waals surface area contributed by atoms with Crippen molar-refractivity contribution in [2.75, 3.05) is 19.0 Å². The molecule has 17 heavy (non-hydrogen) atoms. The van der Waals surface area contributed by atoms with Crippen molar-refractivity contribution in [1.29, 1.82) is 0 Å². The van der Waals surface area contributed by atoms with E-state index in [1.807, 2.05) is 38.1 Å². The Kier molecular flexibility index (Phi) is 5.33. The second-order valence-electron chi connectivity index (χ2n) is 3.75. The molecule has 0 radical (unpaired) electrons. The number of esters is 1. The molecular formula is C13H19NO3. The molecule has 1 rings (SSSR count). The molecule has 1 aromatic rings. The van der Waals surface area contributed by atoms with Gasteiger partial charge in [-0.1, -0.05) is 12.1 Å². The van der Waals surface area contributed by atoms with Crippen molar-refractivity contribution in [3.63, 3.8) is 0 Å². The number of hydrogen-bond donors (Lipinski definition) is 1. The predicted octanol–water partition coefficient (Wildman–Crippen LogP) is 2.45. The van der Waals surface area contributed by atoms with E-state index in [0.717, 1.165) is 11.4 Å². The molecule has 0 saturated carbocycles. The lowest BCUT2D eigenvalue weighted by molar-refractivity contribution is -0.140. The zero-order valence-electron chi connectivity index (χ0n) is 10.5. The second kappa shape index (κ2) is 6.78. The molecule has 1 atom stereocenters. The molecule has 1 N–H and O–H groups in total. The maximum Gasteiger partial charge on any atom is 0.307 e. The van der Waals surface area contributed by atoms with Crippen LogP contribution in [0.25, 0.3) is 0 Å². The van der Waals surface area contributed by atoms with Crippen molar-refractivity contribution < 1.29 is 14.3 Å². The Hall–Kier alpha value is -1.71. The van der Waals surface area contributed by atoms with Crippen LogP contribution in [-0.2, 0) is 9.53 Å². The van der Waals surface area contributed by atoms with Crippen molar-refractivity contribution in [3.8, 4) is 5.75 Å². The maximum atomic E-state index is 11.1. The largest absolute Gasteiger partial charge is 0.492 e. The zero-order chi connectivity index (χ0) is 12.7. The number of methoxy groups -OCH3 is 1.